The first kappa shape index (κ1) is 13.7. The van der Waals surface area contributed by atoms with Crippen molar-refractivity contribution in [1.82, 2.24) is 0 Å². The molecule has 0 aromatic heterocycles. The molecule has 0 amide bonds. The topological polar surface area (TPSA) is 32.7 Å². The van der Waals surface area contributed by atoms with Crippen molar-refractivity contribution in [3.05, 3.63) is 52.5 Å². The van der Waals surface area contributed by atoms with Gasteiger partial charge in [0.05, 0.1) is 11.6 Å². The lowest BCUT2D eigenvalue weighted by atomic mass is 10.2. The molecule has 0 atom stereocenters. The second-order valence-corrected chi connectivity index (χ2v) is 5.19. The lowest BCUT2D eigenvalue weighted by Crippen LogP contribution is -2.16. The van der Waals surface area contributed by atoms with E-state index in [-0.39, 0.29) is 5.75 Å². The molecule has 4 heteroatoms. The minimum atomic E-state index is 0.260. The van der Waals surface area contributed by atoms with Gasteiger partial charge in [-0.25, -0.2) is 0 Å². The number of methoxy groups -OCH3 is 1. The largest absolute Gasteiger partial charge is 0.507 e. The summed E-state index contributed by atoms with van der Waals surface area (Å²) in [6, 6.07) is 13.5. The zero-order chi connectivity index (χ0) is 13.8. The predicted octanol–water partition coefficient (Wildman–Crippen LogP) is 3.80. The molecular weight excluding hydrogens is 306 g/mol. The van der Waals surface area contributed by atoms with Gasteiger partial charge in [0.15, 0.2) is 0 Å². The maximum absolute atomic E-state index is 9.48. The number of anilines is 1. The Bertz CT molecular complexity index is 555. The maximum atomic E-state index is 9.48. The summed E-state index contributed by atoms with van der Waals surface area (Å²) < 4.78 is 5.86. The SMILES string of the molecule is COc1ccc(N(C)Cc2ccc(O)c(Br)c2)cc1. The summed E-state index contributed by atoms with van der Waals surface area (Å²) in [6.07, 6.45) is 0. The van der Waals surface area contributed by atoms with E-state index in [1.165, 1.54) is 0 Å². The highest BCUT2D eigenvalue weighted by atomic mass is 79.9. The number of ether oxygens (including phenoxy) is 1. The van der Waals surface area contributed by atoms with Crippen LogP contribution in [0.1, 0.15) is 5.56 Å². The van der Waals surface area contributed by atoms with Gasteiger partial charge >= 0.3 is 0 Å². The number of nitrogens with zero attached hydrogens (tertiary/aromatic N) is 1. The minimum Gasteiger partial charge on any atom is -0.507 e. The number of rotatable bonds is 4. The van der Waals surface area contributed by atoms with E-state index in [2.05, 4.69) is 20.8 Å². The van der Waals surface area contributed by atoms with Crippen molar-refractivity contribution in [2.45, 2.75) is 6.54 Å². The first-order valence-electron chi connectivity index (χ1n) is 5.92. The molecule has 3 nitrogen and oxygen atoms in total. The van der Waals surface area contributed by atoms with Crippen molar-refractivity contribution >= 4 is 21.6 Å². The Morgan fingerprint density at radius 3 is 2.42 bits per heavy atom. The van der Waals surface area contributed by atoms with Crippen LogP contribution in [0.5, 0.6) is 11.5 Å². The molecule has 0 aliphatic rings. The number of phenolic OH excluding ortho intramolecular Hbond substituents is 1. The minimum absolute atomic E-state index is 0.260. The Morgan fingerprint density at radius 2 is 1.84 bits per heavy atom. The fourth-order valence-corrected chi connectivity index (χ4v) is 2.28. The van der Waals surface area contributed by atoms with Gasteiger partial charge in [-0.1, -0.05) is 6.07 Å². The monoisotopic (exact) mass is 321 g/mol. The highest BCUT2D eigenvalue weighted by Crippen LogP contribution is 2.26. The third-order valence-electron chi connectivity index (χ3n) is 2.95. The molecule has 100 valence electrons. The average Bonchev–Trinajstić information content (AvgIpc) is 2.43. The first-order chi connectivity index (χ1) is 9.10. The zero-order valence-corrected chi connectivity index (χ0v) is 12.5. The molecule has 2 rings (SSSR count). The molecular formula is C15H16BrNO2. The van der Waals surface area contributed by atoms with Crippen LogP contribution in [0.25, 0.3) is 0 Å². The lowest BCUT2D eigenvalue weighted by Gasteiger charge is -2.20. The number of phenols is 1. The second kappa shape index (κ2) is 5.97. The van der Waals surface area contributed by atoms with Crippen LogP contribution in [-0.2, 0) is 6.54 Å². The second-order valence-electron chi connectivity index (χ2n) is 4.34. The number of benzene rings is 2. The van der Waals surface area contributed by atoms with Gasteiger partial charge in [0.2, 0.25) is 0 Å². The molecule has 0 aliphatic heterocycles. The van der Waals surface area contributed by atoms with Crippen molar-refractivity contribution in [3.8, 4) is 11.5 Å². The molecule has 0 saturated heterocycles. The highest BCUT2D eigenvalue weighted by molar-refractivity contribution is 9.10. The number of hydrogen-bond acceptors (Lipinski definition) is 3. The summed E-state index contributed by atoms with van der Waals surface area (Å²) in [5.74, 6) is 1.11. The van der Waals surface area contributed by atoms with E-state index in [0.29, 0.717) is 4.47 Å². The third kappa shape index (κ3) is 3.41. The molecule has 0 spiro atoms. The number of aromatic hydroxyl groups is 1. The molecule has 0 fully saturated rings. The van der Waals surface area contributed by atoms with Crippen molar-refractivity contribution in [2.24, 2.45) is 0 Å². The van der Waals surface area contributed by atoms with Crippen LogP contribution in [0, 0.1) is 0 Å². The van der Waals surface area contributed by atoms with Gasteiger partial charge < -0.3 is 14.7 Å². The summed E-state index contributed by atoms with van der Waals surface area (Å²) in [4.78, 5) is 2.14. The summed E-state index contributed by atoms with van der Waals surface area (Å²) in [6.45, 7) is 0.769. The van der Waals surface area contributed by atoms with Crippen LogP contribution in [0.2, 0.25) is 0 Å². The summed E-state index contributed by atoms with van der Waals surface area (Å²) >= 11 is 3.33. The Hall–Kier alpha value is -1.68. The average molecular weight is 322 g/mol. The first-order valence-corrected chi connectivity index (χ1v) is 6.72. The van der Waals surface area contributed by atoms with Crippen molar-refractivity contribution in [2.75, 3.05) is 19.1 Å². The highest BCUT2D eigenvalue weighted by Gasteiger charge is 2.05. The molecule has 0 saturated carbocycles. The van der Waals surface area contributed by atoms with Gasteiger partial charge in [-0.2, -0.15) is 0 Å². The molecule has 2 aromatic carbocycles. The van der Waals surface area contributed by atoms with Crippen LogP contribution >= 0.6 is 15.9 Å². The van der Waals surface area contributed by atoms with E-state index < -0.39 is 0 Å². The van der Waals surface area contributed by atoms with Crippen LogP contribution in [0.3, 0.4) is 0 Å². The Labute approximate surface area is 121 Å². The van der Waals surface area contributed by atoms with Gasteiger partial charge in [-0.3, -0.25) is 0 Å². The van der Waals surface area contributed by atoms with Crippen molar-refractivity contribution in [3.63, 3.8) is 0 Å². The normalized spacial score (nSPS) is 10.3. The third-order valence-corrected chi connectivity index (χ3v) is 3.58. The van der Waals surface area contributed by atoms with Crippen LogP contribution in [0.15, 0.2) is 46.9 Å². The van der Waals surface area contributed by atoms with Crippen LogP contribution in [0.4, 0.5) is 5.69 Å². The van der Waals surface area contributed by atoms with Gasteiger partial charge in [-0.05, 0) is 57.9 Å². The lowest BCUT2D eigenvalue weighted by molar-refractivity contribution is 0.415. The fraction of sp³-hybridized carbons (Fsp3) is 0.200. The molecule has 0 unspecified atom stereocenters. The van der Waals surface area contributed by atoms with Gasteiger partial charge in [-0.15, -0.1) is 0 Å². The van der Waals surface area contributed by atoms with E-state index in [9.17, 15) is 5.11 Å². The zero-order valence-electron chi connectivity index (χ0n) is 10.9. The Balaban J connectivity index is 2.10. The predicted molar refractivity (Wildman–Crippen MR) is 80.9 cm³/mol. The van der Waals surface area contributed by atoms with Gasteiger partial charge in [0.25, 0.3) is 0 Å². The molecule has 1 N–H and O–H groups in total. The van der Waals surface area contributed by atoms with E-state index in [1.807, 2.05) is 43.4 Å². The van der Waals surface area contributed by atoms with Crippen LogP contribution in [-0.4, -0.2) is 19.3 Å². The molecule has 0 aliphatic carbocycles. The summed E-state index contributed by atoms with van der Waals surface area (Å²) in [5.41, 5.74) is 2.24. The number of hydrogen-bond donors (Lipinski definition) is 1. The van der Waals surface area contributed by atoms with E-state index in [0.717, 1.165) is 23.5 Å². The van der Waals surface area contributed by atoms with Crippen molar-refractivity contribution in [1.29, 1.82) is 0 Å². The smallest absolute Gasteiger partial charge is 0.129 e. The molecule has 0 radical (unpaired) electrons. The Kier molecular flexibility index (Phi) is 4.32. The molecule has 0 heterocycles. The molecule has 0 bridgehead atoms. The van der Waals surface area contributed by atoms with E-state index in [4.69, 9.17) is 4.74 Å². The molecule has 2 aromatic rings. The van der Waals surface area contributed by atoms with E-state index >= 15 is 0 Å². The Morgan fingerprint density at radius 1 is 1.16 bits per heavy atom. The summed E-state index contributed by atoms with van der Waals surface area (Å²) in [7, 11) is 3.69. The van der Waals surface area contributed by atoms with Gasteiger partial charge in [0, 0.05) is 19.3 Å². The summed E-state index contributed by atoms with van der Waals surface area (Å²) in [5, 5.41) is 9.48. The van der Waals surface area contributed by atoms with Gasteiger partial charge in [0.1, 0.15) is 11.5 Å². The number of halogens is 1. The fourth-order valence-electron chi connectivity index (χ4n) is 1.85. The van der Waals surface area contributed by atoms with E-state index in [1.54, 1.807) is 13.2 Å². The quantitative estimate of drug-likeness (QED) is 0.929. The van der Waals surface area contributed by atoms with Crippen LogP contribution < -0.4 is 9.64 Å². The van der Waals surface area contributed by atoms with Crippen molar-refractivity contribution < 1.29 is 9.84 Å². The molecule has 19 heavy (non-hydrogen) atoms. The maximum Gasteiger partial charge on any atom is 0.129 e. The standard InChI is InChI=1S/C15H16BrNO2/c1-17(12-4-6-13(19-2)7-5-12)10-11-3-8-15(18)14(16)9-11/h3-9,18H,10H2,1-2H3.